The monoisotopic (exact) mass is 287 g/mol. The summed E-state index contributed by atoms with van der Waals surface area (Å²) in [5, 5.41) is 23.4. The fraction of sp³-hybridized carbons (Fsp3) is 0.214. The van der Waals surface area contributed by atoms with Gasteiger partial charge < -0.3 is 20.5 Å². The van der Waals surface area contributed by atoms with Gasteiger partial charge in [0.1, 0.15) is 0 Å². The highest BCUT2D eigenvalue weighted by molar-refractivity contribution is 5.93. The van der Waals surface area contributed by atoms with Gasteiger partial charge in [0, 0.05) is 12.5 Å². The highest BCUT2D eigenvalue weighted by atomic mass is 16.6. The molecule has 1 amide bonds. The second kappa shape index (κ2) is 5.02. The first-order valence-electron chi connectivity index (χ1n) is 6.46. The van der Waals surface area contributed by atoms with E-state index < -0.39 is 23.0 Å². The maximum Gasteiger partial charge on any atom is 0.321 e. The molecule has 2 atom stereocenters. The first-order chi connectivity index (χ1) is 10.1. The number of amides is 1. The van der Waals surface area contributed by atoms with Crippen LogP contribution < -0.4 is 5.32 Å². The number of nitrogens with one attached hydrogen (secondary N) is 2. The third kappa shape index (κ3) is 2.38. The minimum atomic E-state index is -0.698. The SMILES string of the molecule is O=C(N[C@@H]1c2ccccc2C[C@@H]1O)c1ccc([N+](=O)[O-])[nH]1. The van der Waals surface area contributed by atoms with Crippen LogP contribution >= 0.6 is 0 Å². The summed E-state index contributed by atoms with van der Waals surface area (Å²) >= 11 is 0. The van der Waals surface area contributed by atoms with Crippen molar-refractivity contribution >= 4 is 11.7 Å². The van der Waals surface area contributed by atoms with Crippen molar-refractivity contribution < 1.29 is 14.8 Å². The van der Waals surface area contributed by atoms with Crippen molar-refractivity contribution in [3.8, 4) is 0 Å². The van der Waals surface area contributed by atoms with Crippen molar-refractivity contribution in [3.63, 3.8) is 0 Å². The Balaban J connectivity index is 1.80. The fourth-order valence-corrected chi connectivity index (χ4v) is 2.59. The molecule has 21 heavy (non-hydrogen) atoms. The number of hydrogen-bond acceptors (Lipinski definition) is 4. The van der Waals surface area contributed by atoms with E-state index in [2.05, 4.69) is 10.3 Å². The molecule has 3 rings (SSSR count). The number of rotatable bonds is 3. The van der Waals surface area contributed by atoms with E-state index in [-0.39, 0.29) is 11.5 Å². The summed E-state index contributed by atoms with van der Waals surface area (Å²) in [6.45, 7) is 0. The Morgan fingerprint density at radius 3 is 2.81 bits per heavy atom. The lowest BCUT2D eigenvalue weighted by atomic mass is 10.1. The zero-order valence-electron chi connectivity index (χ0n) is 10.9. The number of aliphatic hydroxyl groups excluding tert-OH is 1. The first-order valence-corrected chi connectivity index (χ1v) is 6.46. The molecule has 2 aromatic rings. The van der Waals surface area contributed by atoms with E-state index in [4.69, 9.17) is 0 Å². The number of fused-ring (bicyclic) bond motifs is 1. The van der Waals surface area contributed by atoms with Crippen LogP contribution in [0.5, 0.6) is 0 Å². The largest absolute Gasteiger partial charge is 0.390 e. The molecule has 108 valence electrons. The average Bonchev–Trinajstić information content (AvgIpc) is 3.05. The Bertz CT molecular complexity index is 710. The van der Waals surface area contributed by atoms with Gasteiger partial charge in [-0.2, -0.15) is 0 Å². The van der Waals surface area contributed by atoms with Gasteiger partial charge in [0.25, 0.3) is 5.91 Å². The number of nitrogens with zero attached hydrogens (tertiary/aromatic N) is 1. The van der Waals surface area contributed by atoms with Gasteiger partial charge in [-0.05, 0) is 22.1 Å². The van der Waals surface area contributed by atoms with Crippen LogP contribution in [0.1, 0.15) is 27.7 Å². The Morgan fingerprint density at radius 2 is 2.10 bits per heavy atom. The molecule has 1 aliphatic rings. The van der Waals surface area contributed by atoms with Gasteiger partial charge in [-0.1, -0.05) is 24.3 Å². The van der Waals surface area contributed by atoms with E-state index in [0.29, 0.717) is 6.42 Å². The van der Waals surface area contributed by atoms with Crippen molar-refractivity contribution in [2.45, 2.75) is 18.6 Å². The standard InChI is InChI=1S/C14H13N3O4/c18-11-7-8-3-1-2-4-9(8)13(11)16-14(19)10-5-6-12(15-10)17(20)21/h1-6,11,13,15,18H,7H2,(H,16,19)/t11-,13+/m0/s1. The van der Waals surface area contributed by atoms with E-state index in [1.54, 1.807) is 0 Å². The topological polar surface area (TPSA) is 108 Å². The summed E-state index contributed by atoms with van der Waals surface area (Å²) < 4.78 is 0. The Labute approximate surface area is 119 Å². The lowest BCUT2D eigenvalue weighted by Gasteiger charge is -2.16. The first kappa shape index (κ1) is 13.3. The quantitative estimate of drug-likeness (QED) is 0.584. The van der Waals surface area contributed by atoms with Crippen LogP contribution in [0.15, 0.2) is 36.4 Å². The van der Waals surface area contributed by atoms with Gasteiger partial charge in [0.05, 0.1) is 12.1 Å². The average molecular weight is 287 g/mol. The molecule has 0 saturated heterocycles. The molecule has 3 N–H and O–H groups in total. The van der Waals surface area contributed by atoms with Crippen LogP contribution in [0.3, 0.4) is 0 Å². The Morgan fingerprint density at radius 1 is 1.33 bits per heavy atom. The van der Waals surface area contributed by atoms with Gasteiger partial charge in [-0.15, -0.1) is 0 Å². The van der Waals surface area contributed by atoms with Gasteiger partial charge in [-0.25, -0.2) is 4.98 Å². The molecule has 1 heterocycles. The van der Waals surface area contributed by atoms with Gasteiger partial charge in [0.15, 0.2) is 5.69 Å². The van der Waals surface area contributed by atoms with Gasteiger partial charge in [0.2, 0.25) is 0 Å². The zero-order valence-corrected chi connectivity index (χ0v) is 10.9. The molecule has 7 heteroatoms. The Hall–Kier alpha value is -2.67. The van der Waals surface area contributed by atoms with Crippen molar-refractivity contribution in [2.75, 3.05) is 0 Å². The van der Waals surface area contributed by atoms with Crippen LogP contribution in [0.25, 0.3) is 0 Å². The molecular formula is C14H13N3O4. The summed E-state index contributed by atoms with van der Waals surface area (Å²) in [6.07, 6.45) is -0.220. The molecule has 1 aliphatic carbocycles. The van der Waals surface area contributed by atoms with E-state index in [1.165, 1.54) is 12.1 Å². The fourth-order valence-electron chi connectivity index (χ4n) is 2.59. The third-order valence-electron chi connectivity index (χ3n) is 3.60. The van der Waals surface area contributed by atoms with E-state index in [0.717, 1.165) is 11.1 Å². The summed E-state index contributed by atoms with van der Waals surface area (Å²) in [6, 6.07) is 9.56. The summed E-state index contributed by atoms with van der Waals surface area (Å²) in [5.41, 5.74) is 1.96. The molecule has 1 aromatic carbocycles. The lowest BCUT2D eigenvalue weighted by molar-refractivity contribution is -0.389. The van der Waals surface area contributed by atoms with Gasteiger partial charge in [-0.3, -0.25) is 4.79 Å². The second-order valence-corrected chi connectivity index (χ2v) is 4.94. The molecule has 0 bridgehead atoms. The molecular weight excluding hydrogens is 274 g/mol. The minimum Gasteiger partial charge on any atom is -0.390 e. The number of H-pyrrole nitrogens is 1. The molecule has 0 radical (unpaired) electrons. The molecule has 0 spiro atoms. The number of nitro groups is 1. The smallest absolute Gasteiger partial charge is 0.321 e. The molecule has 0 fully saturated rings. The normalized spacial score (nSPS) is 20.0. The molecule has 0 unspecified atom stereocenters. The van der Waals surface area contributed by atoms with Crippen LogP contribution in [-0.4, -0.2) is 27.0 Å². The maximum absolute atomic E-state index is 12.1. The summed E-state index contributed by atoms with van der Waals surface area (Å²) in [7, 11) is 0. The van der Waals surface area contributed by atoms with Crippen LogP contribution in [-0.2, 0) is 6.42 Å². The number of benzene rings is 1. The number of hydrogen-bond donors (Lipinski definition) is 3. The molecule has 7 nitrogen and oxygen atoms in total. The van der Waals surface area contributed by atoms with Crippen molar-refractivity contribution in [1.29, 1.82) is 0 Å². The predicted molar refractivity (Wildman–Crippen MR) is 73.8 cm³/mol. The maximum atomic E-state index is 12.1. The van der Waals surface area contributed by atoms with Crippen molar-refractivity contribution in [2.24, 2.45) is 0 Å². The Kier molecular flexibility index (Phi) is 3.19. The number of aromatic amines is 1. The van der Waals surface area contributed by atoms with E-state index in [1.807, 2.05) is 24.3 Å². The van der Waals surface area contributed by atoms with Crippen LogP contribution in [0.4, 0.5) is 5.82 Å². The number of carbonyl (C=O) groups is 1. The molecule has 1 aromatic heterocycles. The zero-order chi connectivity index (χ0) is 15.0. The van der Waals surface area contributed by atoms with Crippen LogP contribution in [0.2, 0.25) is 0 Å². The van der Waals surface area contributed by atoms with E-state index in [9.17, 15) is 20.0 Å². The molecule has 0 saturated carbocycles. The summed E-state index contributed by atoms with van der Waals surface area (Å²) in [5.74, 6) is -0.726. The highest BCUT2D eigenvalue weighted by Crippen LogP contribution is 2.31. The number of carbonyl (C=O) groups excluding carboxylic acids is 1. The van der Waals surface area contributed by atoms with Gasteiger partial charge >= 0.3 is 5.82 Å². The molecule has 0 aliphatic heterocycles. The van der Waals surface area contributed by atoms with Crippen molar-refractivity contribution in [1.82, 2.24) is 10.3 Å². The third-order valence-corrected chi connectivity index (χ3v) is 3.60. The van der Waals surface area contributed by atoms with Crippen LogP contribution in [0, 0.1) is 10.1 Å². The number of aliphatic hydroxyl groups is 1. The summed E-state index contributed by atoms with van der Waals surface area (Å²) in [4.78, 5) is 24.5. The number of aromatic nitrogens is 1. The van der Waals surface area contributed by atoms with Crippen molar-refractivity contribution in [3.05, 3.63) is 63.3 Å². The highest BCUT2D eigenvalue weighted by Gasteiger charge is 2.32. The minimum absolute atomic E-state index is 0.0956. The predicted octanol–water partition coefficient (Wildman–Crippen LogP) is 1.31. The van der Waals surface area contributed by atoms with E-state index >= 15 is 0 Å². The lowest BCUT2D eigenvalue weighted by Crippen LogP contribution is -2.34. The second-order valence-electron chi connectivity index (χ2n) is 4.94.